The van der Waals surface area contributed by atoms with Crippen LogP contribution in [0, 0.1) is 13.8 Å². The van der Waals surface area contributed by atoms with Crippen LogP contribution in [0.25, 0.3) is 0 Å². The maximum atomic E-state index is 13.3. The van der Waals surface area contributed by atoms with Gasteiger partial charge in [0, 0.05) is 18.3 Å². The van der Waals surface area contributed by atoms with Crippen molar-refractivity contribution in [3.63, 3.8) is 0 Å². The van der Waals surface area contributed by atoms with Crippen LogP contribution in [-0.4, -0.2) is 20.6 Å². The van der Waals surface area contributed by atoms with Crippen LogP contribution >= 0.6 is 0 Å². The highest BCUT2D eigenvalue weighted by molar-refractivity contribution is 5.94. The first-order valence-electron chi connectivity index (χ1n) is 9.45. The third-order valence-electron chi connectivity index (χ3n) is 5.51. The standard InChI is InChI=1S/C22H25N3O2/c1-15-9-10-17(12-16(15)2)22(26)25(13-18-6-5-11-27-18)14-20-19-7-4-8-21(19)24(3)23-20/h5-6,9-12H,4,7-8,13-14H2,1-3H3. The number of fused-ring (bicyclic) bond motifs is 1. The number of hydrogen-bond acceptors (Lipinski definition) is 3. The van der Waals surface area contributed by atoms with Crippen LogP contribution in [-0.2, 0) is 33.0 Å². The maximum Gasteiger partial charge on any atom is 0.254 e. The molecule has 1 aromatic carbocycles. The largest absolute Gasteiger partial charge is 0.467 e. The fourth-order valence-electron chi connectivity index (χ4n) is 3.85. The lowest BCUT2D eigenvalue weighted by Crippen LogP contribution is -2.30. The minimum Gasteiger partial charge on any atom is -0.467 e. The molecule has 27 heavy (non-hydrogen) atoms. The molecule has 2 heterocycles. The number of furan rings is 1. The van der Waals surface area contributed by atoms with Crippen LogP contribution in [0.3, 0.4) is 0 Å². The van der Waals surface area contributed by atoms with E-state index in [1.807, 2.05) is 53.9 Å². The number of aromatic nitrogens is 2. The molecule has 0 atom stereocenters. The minimum atomic E-state index is 0.00639. The number of carbonyl (C=O) groups is 1. The van der Waals surface area contributed by atoms with Gasteiger partial charge < -0.3 is 9.32 Å². The van der Waals surface area contributed by atoms with Crippen LogP contribution in [0.4, 0.5) is 0 Å². The fraction of sp³-hybridized carbons (Fsp3) is 0.364. The second-order valence-corrected chi connectivity index (χ2v) is 7.39. The van der Waals surface area contributed by atoms with Crippen molar-refractivity contribution in [3.05, 3.63) is 76.0 Å². The lowest BCUT2D eigenvalue weighted by atomic mass is 10.1. The van der Waals surface area contributed by atoms with Gasteiger partial charge in [0.05, 0.1) is 25.0 Å². The van der Waals surface area contributed by atoms with Gasteiger partial charge in [0.15, 0.2) is 0 Å². The van der Waals surface area contributed by atoms with Crippen molar-refractivity contribution in [2.24, 2.45) is 7.05 Å². The Morgan fingerprint density at radius 1 is 1.19 bits per heavy atom. The molecule has 0 bridgehead atoms. The highest BCUT2D eigenvalue weighted by Crippen LogP contribution is 2.26. The van der Waals surface area contributed by atoms with E-state index in [2.05, 4.69) is 6.92 Å². The molecule has 0 spiro atoms. The van der Waals surface area contributed by atoms with E-state index in [-0.39, 0.29) is 5.91 Å². The Labute approximate surface area is 159 Å². The molecular formula is C22H25N3O2. The van der Waals surface area contributed by atoms with Crippen molar-refractivity contribution < 1.29 is 9.21 Å². The maximum absolute atomic E-state index is 13.3. The Bertz CT molecular complexity index is 970. The summed E-state index contributed by atoms with van der Waals surface area (Å²) >= 11 is 0. The molecule has 0 N–H and O–H groups in total. The Kier molecular flexibility index (Phi) is 4.60. The molecule has 5 heteroatoms. The molecule has 1 aliphatic rings. The number of aryl methyl sites for hydroxylation is 3. The van der Waals surface area contributed by atoms with Crippen molar-refractivity contribution in [1.82, 2.24) is 14.7 Å². The van der Waals surface area contributed by atoms with Crippen LogP contribution in [0.2, 0.25) is 0 Å². The number of benzene rings is 1. The molecule has 1 amide bonds. The van der Waals surface area contributed by atoms with Crippen molar-refractivity contribution in [1.29, 1.82) is 0 Å². The summed E-state index contributed by atoms with van der Waals surface area (Å²) in [6, 6.07) is 9.64. The van der Waals surface area contributed by atoms with E-state index in [1.165, 1.54) is 16.8 Å². The average Bonchev–Trinajstić information content (AvgIpc) is 3.37. The van der Waals surface area contributed by atoms with Gasteiger partial charge in [-0.15, -0.1) is 0 Å². The first-order chi connectivity index (χ1) is 13.0. The molecule has 3 aromatic rings. The van der Waals surface area contributed by atoms with Gasteiger partial charge in [-0.05, 0) is 74.1 Å². The number of amides is 1. The van der Waals surface area contributed by atoms with Crippen LogP contribution < -0.4 is 0 Å². The molecule has 0 radical (unpaired) electrons. The summed E-state index contributed by atoms with van der Waals surface area (Å²) in [5, 5.41) is 4.70. The summed E-state index contributed by atoms with van der Waals surface area (Å²) in [4.78, 5) is 15.1. The highest BCUT2D eigenvalue weighted by Gasteiger charge is 2.25. The summed E-state index contributed by atoms with van der Waals surface area (Å²) in [6.07, 6.45) is 4.93. The second kappa shape index (κ2) is 7.06. The zero-order valence-corrected chi connectivity index (χ0v) is 16.2. The zero-order chi connectivity index (χ0) is 19.0. The summed E-state index contributed by atoms with van der Waals surface area (Å²) < 4.78 is 7.48. The zero-order valence-electron chi connectivity index (χ0n) is 16.2. The van der Waals surface area contributed by atoms with Crippen molar-refractivity contribution >= 4 is 5.91 Å². The number of carbonyl (C=O) groups excluding carboxylic acids is 1. The van der Waals surface area contributed by atoms with Gasteiger partial charge in [-0.1, -0.05) is 6.07 Å². The van der Waals surface area contributed by atoms with Crippen molar-refractivity contribution in [2.75, 3.05) is 0 Å². The smallest absolute Gasteiger partial charge is 0.254 e. The third-order valence-corrected chi connectivity index (χ3v) is 5.51. The number of rotatable bonds is 5. The highest BCUT2D eigenvalue weighted by atomic mass is 16.3. The van der Waals surface area contributed by atoms with Crippen LogP contribution in [0.15, 0.2) is 41.0 Å². The van der Waals surface area contributed by atoms with Gasteiger partial charge >= 0.3 is 0 Å². The summed E-state index contributed by atoms with van der Waals surface area (Å²) in [6.45, 7) is 5.02. The molecule has 2 aromatic heterocycles. The van der Waals surface area contributed by atoms with E-state index in [1.54, 1.807) is 6.26 Å². The van der Waals surface area contributed by atoms with Gasteiger partial charge in [-0.2, -0.15) is 5.10 Å². The summed E-state index contributed by atoms with van der Waals surface area (Å²) in [7, 11) is 2.00. The third kappa shape index (κ3) is 3.42. The first kappa shape index (κ1) is 17.6. The number of hydrogen-bond donors (Lipinski definition) is 0. The summed E-state index contributed by atoms with van der Waals surface area (Å²) in [5.74, 6) is 0.784. The Morgan fingerprint density at radius 2 is 2.04 bits per heavy atom. The monoisotopic (exact) mass is 363 g/mol. The van der Waals surface area contributed by atoms with Crippen LogP contribution in [0.1, 0.15) is 50.6 Å². The Morgan fingerprint density at radius 3 is 2.78 bits per heavy atom. The molecule has 1 aliphatic carbocycles. The van der Waals surface area contributed by atoms with E-state index in [4.69, 9.17) is 9.52 Å². The fourth-order valence-corrected chi connectivity index (χ4v) is 3.85. The van der Waals surface area contributed by atoms with E-state index in [9.17, 15) is 4.79 Å². The predicted molar refractivity (Wildman–Crippen MR) is 103 cm³/mol. The van der Waals surface area contributed by atoms with Crippen molar-refractivity contribution in [3.8, 4) is 0 Å². The molecule has 0 aliphatic heterocycles. The molecule has 0 fully saturated rings. The lowest BCUT2D eigenvalue weighted by Gasteiger charge is -2.22. The van der Waals surface area contributed by atoms with Gasteiger partial charge in [-0.3, -0.25) is 9.48 Å². The molecule has 4 rings (SSSR count). The molecule has 0 saturated heterocycles. The van der Waals surface area contributed by atoms with Gasteiger partial charge in [0.2, 0.25) is 0 Å². The summed E-state index contributed by atoms with van der Waals surface area (Å²) in [5.41, 5.74) is 6.64. The molecule has 0 saturated carbocycles. The Balaban J connectivity index is 1.65. The SMILES string of the molecule is Cc1ccc(C(=O)N(Cc2ccco2)Cc2nn(C)c3c2CCC3)cc1C. The van der Waals surface area contributed by atoms with E-state index >= 15 is 0 Å². The quantitative estimate of drug-likeness (QED) is 0.689. The minimum absolute atomic E-state index is 0.00639. The van der Waals surface area contributed by atoms with Crippen LogP contribution in [0.5, 0.6) is 0 Å². The molecule has 5 nitrogen and oxygen atoms in total. The van der Waals surface area contributed by atoms with Gasteiger partial charge in [-0.25, -0.2) is 0 Å². The number of nitrogens with zero attached hydrogens (tertiary/aromatic N) is 3. The van der Waals surface area contributed by atoms with Crippen molar-refractivity contribution in [2.45, 2.75) is 46.2 Å². The van der Waals surface area contributed by atoms with E-state index in [0.717, 1.165) is 36.3 Å². The van der Waals surface area contributed by atoms with Gasteiger partial charge in [0.1, 0.15) is 5.76 Å². The van der Waals surface area contributed by atoms with Gasteiger partial charge in [0.25, 0.3) is 5.91 Å². The molecular weight excluding hydrogens is 338 g/mol. The predicted octanol–water partition coefficient (Wildman–Crippen LogP) is 3.96. The molecule has 0 unspecified atom stereocenters. The topological polar surface area (TPSA) is 51.3 Å². The van der Waals surface area contributed by atoms with E-state index in [0.29, 0.717) is 18.7 Å². The normalized spacial score (nSPS) is 13.0. The average molecular weight is 363 g/mol. The molecule has 140 valence electrons. The first-order valence-corrected chi connectivity index (χ1v) is 9.45. The van der Waals surface area contributed by atoms with E-state index < -0.39 is 0 Å². The second-order valence-electron chi connectivity index (χ2n) is 7.39. The lowest BCUT2D eigenvalue weighted by molar-refractivity contribution is 0.0714. The Hall–Kier alpha value is -2.82.